The minimum Gasteiger partial charge on any atom is -0.508 e. The van der Waals surface area contributed by atoms with E-state index < -0.39 is 0 Å². The van der Waals surface area contributed by atoms with E-state index in [0.29, 0.717) is 13.0 Å². The summed E-state index contributed by atoms with van der Waals surface area (Å²) in [7, 11) is 0. The van der Waals surface area contributed by atoms with Gasteiger partial charge in [0.15, 0.2) is 0 Å². The number of phenolic OH excluding ortho intramolecular Hbond substituents is 1. The summed E-state index contributed by atoms with van der Waals surface area (Å²) in [6, 6.07) is 6.85. The van der Waals surface area contributed by atoms with Gasteiger partial charge in [-0.1, -0.05) is 12.1 Å². The number of likely N-dealkylation sites (tertiary alicyclic amines) is 1. The smallest absolute Gasteiger partial charge is 0.227 e. The molecule has 4 heteroatoms. The van der Waals surface area contributed by atoms with E-state index in [1.807, 2.05) is 0 Å². The van der Waals surface area contributed by atoms with Gasteiger partial charge in [-0.05, 0) is 24.1 Å². The first-order chi connectivity index (χ1) is 7.65. The maximum atomic E-state index is 11.9. The van der Waals surface area contributed by atoms with E-state index in [2.05, 4.69) is 0 Å². The van der Waals surface area contributed by atoms with Crippen molar-refractivity contribution in [2.45, 2.75) is 18.9 Å². The molecular weight excluding hydrogens is 204 g/mol. The predicted molar refractivity (Wildman–Crippen MR) is 61.0 cm³/mol. The number of carbonyl (C=O) groups excluding carboxylic acids is 1. The molecule has 2 rings (SSSR count). The summed E-state index contributed by atoms with van der Waals surface area (Å²) in [4.78, 5) is 13.7. The van der Waals surface area contributed by atoms with Gasteiger partial charge in [0.1, 0.15) is 5.75 Å². The molecule has 4 nitrogen and oxygen atoms in total. The molecule has 0 aromatic heterocycles. The lowest BCUT2D eigenvalue weighted by Gasteiger charge is -2.15. The van der Waals surface area contributed by atoms with Crippen LogP contribution >= 0.6 is 0 Å². The van der Waals surface area contributed by atoms with Gasteiger partial charge in [0.25, 0.3) is 0 Å². The SMILES string of the molecule is N[C@@H]1CCN(C(=O)Cc2ccc(O)cc2)C1. The van der Waals surface area contributed by atoms with Gasteiger partial charge in [-0.15, -0.1) is 0 Å². The summed E-state index contributed by atoms with van der Waals surface area (Å²) in [5, 5.41) is 9.13. The molecule has 1 atom stereocenters. The molecule has 1 aliphatic heterocycles. The molecule has 1 fully saturated rings. The number of rotatable bonds is 2. The second kappa shape index (κ2) is 4.53. The molecule has 1 saturated heterocycles. The number of phenols is 1. The largest absolute Gasteiger partial charge is 0.508 e. The van der Waals surface area contributed by atoms with Crippen LogP contribution in [-0.2, 0) is 11.2 Å². The molecule has 0 spiro atoms. The Kier molecular flexibility index (Phi) is 3.10. The average molecular weight is 220 g/mol. The van der Waals surface area contributed by atoms with E-state index in [1.165, 1.54) is 0 Å². The Morgan fingerprint density at radius 3 is 2.69 bits per heavy atom. The zero-order valence-corrected chi connectivity index (χ0v) is 9.10. The number of amides is 1. The van der Waals surface area contributed by atoms with Gasteiger partial charge in [-0.25, -0.2) is 0 Å². The third-order valence-corrected chi connectivity index (χ3v) is 2.87. The standard InChI is InChI=1S/C12H16N2O2/c13-10-5-6-14(8-10)12(16)7-9-1-3-11(15)4-2-9/h1-4,10,15H,5-8,13H2/t10-/m1/s1. The van der Waals surface area contributed by atoms with Crippen LogP contribution in [0.3, 0.4) is 0 Å². The van der Waals surface area contributed by atoms with Crippen molar-refractivity contribution < 1.29 is 9.90 Å². The number of nitrogens with zero attached hydrogens (tertiary/aromatic N) is 1. The van der Waals surface area contributed by atoms with Crippen LogP contribution in [0.1, 0.15) is 12.0 Å². The van der Waals surface area contributed by atoms with Crippen LogP contribution in [0.2, 0.25) is 0 Å². The average Bonchev–Trinajstić information content (AvgIpc) is 2.68. The molecule has 0 saturated carbocycles. The minimum atomic E-state index is 0.110. The zero-order chi connectivity index (χ0) is 11.5. The molecule has 0 aliphatic carbocycles. The van der Waals surface area contributed by atoms with E-state index in [-0.39, 0.29) is 17.7 Å². The van der Waals surface area contributed by atoms with Gasteiger partial charge in [0.2, 0.25) is 5.91 Å². The highest BCUT2D eigenvalue weighted by molar-refractivity contribution is 5.79. The maximum Gasteiger partial charge on any atom is 0.227 e. The summed E-state index contributed by atoms with van der Waals surface area (Å²) in [6.45, 7) is 1.43. The van der Waals surface area contributed by atoms with E-state index in [9.17, 15) is 4.79 Å². The van der Waals surface area contributed by atoms with Crippen molar-refractivity contribution in [2.24, 2.45) is 5.73 Å². The van der Waals surface area contributed by atoms with Crippen molar-refractivity contribution in [1.82, 2.24) is 4.90 Å². The monoisotopic (exact) mass is 220 g/mol. The summed E-state index contributed by atoms with van der Waals surface area (Å²) in [5.41, 5.74) is 6.67. The fourth-order valence-electron chi connectivity index (χ4n) is 1.91. The third kappa shape index (κ3) is 2.52. The zero-order valence-electron chi connectivity index (χ0n) is 9.10. The van der Waals surface area contributed by atoms with Crippen LogP contribution in [0.5, 0.6) is 5.75 Å². The minimum absolute atomic E-state index is 0.110. The highest BCUT2D eigenvalue weighted by Crippen LogP contribution is 2.13. The van der Waals surface area contributed by atoms with E-state index in [4.69, 9.17) is 10.8 Å². The number of hydrogen-bond donors (Lipinski definition) is 2. The first-order valence-corrected chi connectivity index (χ1v) is 5.46. The van der Waals surface area contributed by atoms with Gasteiger partial charge in [0.05, 0.1) is 6.42 Å². The highest BCUT2D eigenvalue weighted by atomic mass is 16.3. The van der Waals surface area contributed by atoms with E-state index in [0.717, 1.165) is 18.5 Å². The van der Waals surface area contributed by atoms with Crippen LogP contribution < -0.4 is 5.73 Å². The van der Waals surface area contributed by atoms with Crippen LogP contribution in [-0.4, -0.2) is 35.0 Å². The molecule has 1 heterocycles. The summed E-state index contributed by atoms with van der Waals surface area (Å²) >= 11 is 0. The Morgan fingerprint density at radius 2 is 2.12 bits per heavy atom. The van der Waals surface area contributed by atoms with E-state index >= 15 is 0 Å². The van der Waals surface area contributed by atoms with Crippen LogP contribution in [0.25, 0.3) is 0 Å². The van der Waals surface area contributed by atoms with Crippen molar-refractivity contribution >= 4 is 5.91 Å². The maximum absolute atomic E-state index is 11.9. The van der Waals surface area contributed by atoms with Crippen molar-refractivity contribution in [2.75, 3.05) is 13.1 Å². The normalized spacial score (nSPS) is 20.1. The molecule has 1 aromatic rings. The first-order valence-electron chi connectivity index (χ1n) is 5.46. The molecule has 0 bridgehead atoms. The number of carbonyl (C=O) groups is 1. The molecule has 3 N–H and O–H groups in total. The number of aromatic hydroxyl groups is 1. The van der Waals surface area contributed by atoms with Crippen LogP contribution in [0.15, 0.2) is 24.3 Å². The van der Waals surface area contributed by atoms with Gasteiger partial charge >= 0.3 is 0 Å². The Labute approximate surface area is 94.7 Å². The van der Waals surface area contributed by atoms with Gasteiger partial charge in [0, 0.05) is 19.1 Å². The molecule has 86 valence electrons. The Morgan fingerprint density at radius 1 is 1.44 bits per heavy atom. The fourth-order valence-corrected chi connectivity index (χ4v) is 1.91. The molecule has 0 unspecified atom stereocenters. The Bertz CT molecular complexity index is 375. The summed E-state index contributed by atoms with van der Waals surface area (Å²) in [5.74, 6) is 0.332. The molecule has 0 radical (unpaired) electrons. The number of hydrogen-bond acceptors (Lipinski definition) is 3. The summed E-state index contributed by atoms with van der Waals surface area (Å²) in [6.07, 6.45) is 1.27. The van der Waals surface area contributed by atoms with Crippen LogP contribution in [0.4, 0.5) is 0 Å². The Hall–Kier alpha value is -1.55. The van der Waals surface area contributed by atoms with Crippen molar-refractivity contribution in [1.29, 1.82) is 0 Å². The fraction of sp³-hybridized carbons (Fsp3) is 0.417. The number of nitrogens with two attached hydrogens (primary N) is 1. The first kappa shape index (κ1) is 11.0. The van der Waals surface area contributed by atoms with Gasteiger partial charge in [-0.2, -0.15) is 0 Å². The van der Waals surface area contributed by atoms with Gasteiger partial charge < -0.3 is 15.7 Å². The lowest BCUT2D eigenvalue weighted by molar-refractivity contribution is -0.129. The van der Waals surface area contributed by atoms with Crippen molar-refractivity contribution in [3.8, 4) is 5.75 Å². The lowest BCUT2D eigenvalue weighted by atomic mass is 10.1. The molecule has 1 aliphatic rings. The number of benzene rings is 1. The van der Waals surface area contributed by atoms with E-state index in [1.54, 1.807) is 29.2 Å². The molecular formula is C12H16N2O2. The lowest BCUT2D eigenvalue weighted by Crippen LogP contribution is -2.32. The second-order valence-corrected chi connectivity index (χ2v) is 4.23. The third-order valence-electron chi connectivity index (χ3n) is 2.87. The topological polar surface area (TPSA) is 66.6 Å². The highest BCUT2D eigenvalue weighted by Gasteiger charge is 2.23. The molecule has 1 aromatic carbocycles. The molecule has 1 amide bonds. The quantitative estimate of drug-likeness (QED) is 0.762. The Balaban J connectivity index is 1.94. The van der Waals surface area contributed by atoms with Gasteiger partial charge in [-0.3, -0.25) is 4.79 Å². The summed E-state index contributed by atoms with van der Waals surface area (Å²) < 4.78 is 0. The second-order valence-electron chi connectivity index (χ2n) is 4.23. The van der Waals surface area contributed by atoms with Crippen LogP contribution in [0, 0.1) is 0 Å². The molecule has 16 heavy (non-hydrogen) atoms. The van der Waals surface area contributed by atoms with Crippen molar-refractivity contribution in [3.63, 3.8) is 0 Å². The predicted octanol–water partition coefficient (Wildman–Crippen LogP) is 0.494. The van der Waals surface area contributed by atoms with Crippen molar-refractivity contribution in [3.05, 3.63) is 29.8 Å².